The summed E-state index contributed by atoms with van der Waals surface area (Å²) in [4.78, 5) is 12.5. The highest BCUT2D eigenvalue weighted by Crippen LogP contribution is 2.19. The maximum absolute atomic E-state index is 13.2. The first kappa shape index (κ1) is 13.6. The Hall–Kier alpha value is -2.42. The zero-order valence-electron chi connectivity index (χ0n) is 12.1. The third-order valence-electron chi connectivity index (χ3n) is 3.73. The van der Waals surface area contributed by atoms with Gasteiger partial charge in [-0.05, 0) is 43.7 Å². The number of ketones is 1. The second kappa shape index (κ2) is 5.17. The minimum absolute atomic E-state index is 0.0642. The number of halogens is 1. The van der Waals surface area contributed by atoms with E-state index >= 15 is 0 Å². The van der Waals surface area contributed by atoms with E-state index in [-0.39, 0.29) is 18.1 Å². The van der Waals surface area contributed by atoms with Crippen molar-refractivity contribution in [3.8, 4) is 0 Å². The molecule has 0 aliphatic carbocycles. The molecule has 1 aromatic heterocycles. The van der Waals surface area contributed by atoms with Gasteiger partial charge in [-0.15, -0.1) is 0 Å². The molecule has 3 rings (SSSR count). The number of carbonyl (C=O) groups excluding carboxylic acids is 1. The number of hydrogen-bond donors (Lipinski definition) is 0. The molecule has 0 unspecified atom stereocenters. The number of aryl methyl sites for hydroxylation is 2. The molecule has 0 aliphatic heterocycles. The lowest BCUT2D eigenvalue weighted by Crippen LogP contribution is -2.11. The fraction of sp³-hybridized carbons (Fsp3) is 0.167. The van der Waals surface area contributed by atoms with Gasteiger partial charge >= 0.3 is 0 Å². The van der Waals surface area contributed by atoms with E-state index in [9.17, 15) is 9.18 Å². The number of hydrogen-bond acceptors (Lipinski definition) is 1. The van der Waals surface area contributed by atoms with Gasteiger partial charge in [0, 0.05) is 22.7 Å². The maximum atomic E-state index is 13.2. The van der Waals surface area contributed by atoms with Gasteiger partial charge in [0.15, 0.2) is 5.78 Å². The highest BCUT2D eigenvalue weighted by Gasteiger charge is 2.11. The van der Waals surface area contributed by atoms with E-state index in [1.165, 1.54) is 12.1 Å². The van der Waals surface area contributed by atoms with Crippen LogP contribution >= 0.6 is 0 Å². The number of nitrogens with zero attached hydrogens (tertiary/aromatic N) is 1. The first-order valence-electron chi connectivity index (χ1n) is 6.89. The molecule has 0 spiro atoms. The van der Waals surface area contributed by atoms with Gasteiger partial charge in [0.05, 0.1) is 6.54 Å². The predicted molar refractivity (Wildman–Crippen MR) is 82.1 cm³/mol. The van der Waals surface area contributed by atoms with E-state index in [0.29, 0.717) is 0 Å². The Morgan fingerprint density at radius 2 is 1.90 bits per heavy atom. The minimum atomic E-state index is -0.263. The molecule has 2 aromatic carbocycles. The molecule has 0 amide bonds. The molecule has 0 saturated heterocycles. The third kappa shape index (κ3) is 2.59. The third-order valence-corrected chi connectivity index (χ3v) is 3.73. The van der Waals surface area contributed by atoms with Crippen LogP contribution < -0.4 is 0 Å². The van der Waals surface area contributed by atoms with Gasteiger partial charge in [0.25, 0.3) is 0 Å². The van der Waals surface area contributed by atoms with Gasteiger partial charge in [0.1, 0.15) is 5.82 Å². The molecular formula is C18H16FNO. The molecule has 0 atom stereocenters. The summed E-state index contributed by atoms with van der Waals surface area (Å²) in [5, 5.41) is 0.809. The molecule has 2 nitrogen and oxygen atoms in total. The highest BCUT2D eigenvalue weighted by atomic mass is 19.1. The van der Waals surface area contributed by atoms with Crippen molar-refractivity contribution in [3.05, 3.63) is 71.2 Å². The van der Waals surface area contributed by atoms with E-state index in [2.05, 4.69) is 0 Å². The summed E-state index contributed by atoms with van der Waals surface area (Å²) >= 11 is 0. The van der Waals surface area contributed by atoms with E-state index in [1.54, 1.807) is 6.07 Å². The molecule has 1 heterocycles. The minimum Gasteiger partial charge on any atom is -0.340 e. The first-order chi connectivity index (χ1) is 10.0. The van der Waals surface area contributed by atoms with Crippen molar-refractivity contribution in [1.29, 1.82) is 0 Å². The predicted octanol–water partition coefficient (Wildman–Crippen LogP) is 4.28. The van der Waals surface area contributed by atoms with E-state index < -0.39 is 0 Å². The average molecular weight is 281 g/mol. The summed E-state index contributed by atoms with van der Waals surface area (Å²) in [6.07, 6.45) is 1.82. The zero-order chi connectivity index (χ0) is 15.0. The smallest absolute Gasteiger partial charge is 0.182 e. The monoisotopic (exact) mass is 281 g/mol. The molecular weight excluding hydrogens is 265 g/mol. The number of rotatable bonds is 3. The number of aromatic nitrogens is 1. The van der Waals surface area contributed by atoms with Crippen LogP contribution in [0.15, 0.2) is 48.7 Å². The fourth-order valence-electron chi connectivity index (χ4n) is 2.68. The second-order valence-electron chi connectivity index (χ2n) is 5.39. The van der Waals surface area contributed by atoms with Crippen molar-refractivity contribution in [2.24, 2.45) is 0 Å². The van der Waals surface area contributed by atoms with Crippen LogP contribution in [0.5, 0.6) is 0 Å². The Morgan fingerprint density at radius 3 is 2.67 bits per heavy atom. The summed E-state index contributed by atoms with van der Waals surface area (Å²) < 4.78 is 15.0. The van der Waals surface area contributed by atoms with Crippen molar-refractivity contribution in [1.82, 2.24) is 4.57 Å². The van der Waals surface area contributed by atoms with E-state index in [4.69, 9.17) is 0 Å². The molecule has 0 aliphatic rings. The molecule has 0 radical (unpaired) electrons. The molecule has 0 fully saturated rings. The Bertz CT molecular complexity index is 832. The summed E-state index contributed by atoms with van der Waals surface area (Å²) in [5.74, 6) is -0.199. The van der Waals surface area contributed by atoms with Gasteiger partial charge in [0.2, 0.25) is 0 Å². The van der Waals surface area contributed by atoms with Crippen LogP contribution in [0.1, 0.15) is 21.5 Å². The number of Topliss-reactive ketones (excluding diaryl/α,β-unsaturated/α-hetero) is 1. The molecule has 106 valence electrons. The van der Waals surface area contributed by atoms with Crippen LogP contribution in [0.25, 0.3) is 10.9 Å². The normalized spacial score (nSPS) is 11.0. The summed E-state index contributed by atoms with van der Waals surface area (Å²) in [7, 11) is 0. The van der Waals surface area contributed by atoms with Crippen molar-refractivity contribution in [2.45, 2.75) is 20.4 Å². The standard InChI is InChI=1S/C18H16FNO/c1-12-3-5-16(13(2)9-12)18(21)11-20-8-7-14-10-15(19)4-6-17(14)20/h3-10H,11H2,1-2H3. The van der Waals surface area contributed by atoms with Gasteiger partial charge in [-0.1, -0.05) is 23.8 Å². The van der Waals surface area contributed by atoms with Crippen molar-refractivity contribution >= 4 is 16.7 Å². The first-order valence-corrected chi connectivity index (χ1v) is 6.89. The van der Waals surface area contributed by atoms with E-state index in [0.717, 1.165) is 27.6 Å². The Kier molecular flexibility index (Phi) is 3.34. The highest BCUT2D eigenvalue weighted by molar-refractivity contribution is 5.98. The largest absolute Gasteiger partial charge is 0.340 e. The van der Waals surface area contributed by atoms with Crippen LogP contribution in [0.2, 0.25) is 0 Å². The Balaban J connectivity index is 1.93. The molecule has 0 bridgehead atoms. The second-order valence-corrected chi connectivity index (χ2v) is 5.39. The van der Waals surface area contributed by atoms with Gasteiger partial charge in [-0.25, -0.2) is 4.39 Å². The van der Waals surface area contributed by atoms with Crippen molar-refractivity contribution < 1.29 is 9.18 Å². The lowest BCUT2D eigenvalue weighted by atomic mass is 10.0. The number of benzene rings is 2. The summed E-state index contributed by atoms with van der Waals surface area (Å²) in [6, 6.07) is 12.3. The maximum Gasteiger partial charge on any atom is 0.182 e. The van der Waals surface area contributed by atoms with Gasteiger partial charge in [-0.3, -0.25) is 4.79 Å². The van der Waals surface area contributed by atoms with Crippen LogP contribution in [0.3, 0.4) is 0 Å². The Labute approximate surface area is 122 Å². The van der Waals surface area contributed by atoms with Crippen molar-refractivity contribution in [2.75, 3.05) is 0 Å². The lowest BCUT2D eigenvalue weighted by molar-refractivity contribution is 0.0973. The zero-order valence-corrected chi connectivity index (χ0v) is 12.1. The summed E-state index contributed by atoms with van der Waals surface area (Å²) in [5.41, 5.74) is 3.74. The summed E-state index contributed by atoms with van der Waals surface area (Å²) in [6.45, 7) is 4.22. The lowest BCUT2D eigenvalue weighted by Gasteiger charge is -2.08. The van der Waals surface area contributed by atoms with Crippen molar-refractivity contribution in [3.63, 3.8) is 0 Å². The van der Waals surface area contributed by atoms with Gasteiger partial charge < -0.3 is 4.57 Å². The molecule has 21 heavy (non-hydrogen) atoms. The topological polar surface area (TPSA) is 22.0 Å². The van der Waals surface area contributed by atoms with Crippen LogP contribution in [-0.4, -0.2) is 10.4 Å². The Morgan fingerprint density at radius 1 is 1.10 bits per heavy atom. The van der Waals surface area contributed by atoms with E-state index in [1.807, 2.05) is 48.9 Å². The fourth-order valence-corrected chi connectivity index (χ4v) is 2.68. The van der Waals surface area contributed by atoms with Crippen LogP contribution in [0.4, 0.5) is 4.39 Å². The van der Waals surface area contributed by atoms with Crippen LogP contribution in [0, 0.1) is 19.7 Å². The number of carbonyl (C=O) groups is 1. The SMILES string of the molecule is Cc1ccc(C(=O)Cn2ccc3cc(F)ccc32)c(C)c1. The molecule has 3 aromatic rings. The quantitative estimate of drug-likeness (QED) is 0.657. The number of fused-ring (bicyclic) bond motifs is 1. The van der Waals surface area contributed by atoms with Crippen LogP contribution in [-0.2, 0) is 6.54 Å². The average Bonchev–Trinajstić information content (AvgIpc) is 2.80. The molecule has 0 N–H and O–H groups in total. The molecule has 3 heteroatoms. The van der Waals surface area contributed by atoms with Gasteiger partial charge in [-0.2, -0.15) is 0 Å². The molecule has 0 saturated carbocycles.